The topological polar surface area (TPSA) is 33.0 Å². The Morgan fingerprint density at radius 3 is 2.75 bits per heavy atom. The number of ether oxygens (including phenoxy) is 1. The molecular weight excluding hydrogens is 222 g/mol. The summed E-state index contributed by atoms with van der Waals surface area (Å²) in [6.45, 7) is 0. The number of benzene rings is 1. The molecule has 1 aromatic rings. The molecule has 1 fully saturated rings. The lowest BCUT2D eigenvalue weighted by Crippen LogP contribution is -2.29. The van der Waals surface area contributed by atoms with E-state index in [0.29, 0.717) is 10.8 Å². The molecule has 2 nitrogen and oxygen atoms in total. The van der Waals surface area contributed by atoms with E-state index >= 15 is 0 Å². The van der Waals surface area contributed by atoms with Crippen molar-refractivity contribution < 1.29 is 4.74 Å². The third-order valence-corrected chi connectivity index (χ3v) is 3.30. The summed E-state index contributed by atoms with van der Waals surface area (Å²) in [5, 5.41) is 9.66. The summed E-state index contributed by atoms with van der Waals surface area (Å²) < 4.78 is 5.84. The molecule has 0 bridgehead atoms. The maximum atomic E-state index is 9.05. The Kier molecular flexibility index (Phi) is 3.69. The molecule has 0 aliphatic heterocycles. The van der Waals surface area contributed by atoms with Crippen LogP contribution in [0, 0.1) is 17.2 Å². The molecule has 0 N–H and O–H groups in total. The van der Waals surface area contributed by atoms with Crippen LogP contribution in [0.5, 0.6) is 5.75 Å². The monoisotopic (exact) mass is 235 g/mol. The van der Waals surface area contributed by atoms with Crippen molar-refractivity contribution in [1.29, 1.82) is 5.26 Å². The molecule has 1 saturated carbocycles. The number of nitriles is 1. The SMILES string of the molecule is N#CC1CCCCC1Oc1ccccc1Cl. The van der Waals surface area contributed by atoms with Gasteiger partial charge in [0.05, 0.1) is 17.0 Å². The van der Waals surface area contributed by atoms with Crippen molar-refractivity contribution in [2.24, 2.45) is 5.92 Å². The van der Waals surface area contributed by atoms with Crippen molar-refractivity contribution in [3.05, 3.63) is 29.3 Å². The Balaban J connectivity index is 2.09. The lowest BCUT2D eigenvalue weighted by molar-refractivity contribution is 0.120. The smallest absolute Gasteiger partial charge is 0.138 e. The predicted octanol–water partition coefficient (Wildman–Crippen LogP) is 3.80. The number of nitrogens with zero attached hydrogens (tertiary/aromatic N) is 1. The van der Waals surface area contributed by atoms with E-state index in [-0.39, 0.29) is 12.0 Å². The Morgan fingerprint density at radius 2 is 2.00 bits per heavy atom. The molecule has 1 aliphatic carbocycles. The minimum Gasteiger partial charge on any atom is -0.488 e. The summed E-state index contributed by atoms with van der Waals surface area (Å²) in [5.41, 5.74) is 0. The van der Waals surface area contributed by atoms with Gasteiger partial charge in [-0.05, 0) is 31.4 Å². The first-order valence-corrected chi connectivity index (χ1v) is 6.00. The van der Waals surface area contributed by atoms with Crippen molar-refractivity contribution >= 4 is 11.6 Å². The van der Waals surface area contributed by atoms with Crippen molar-refractivity contribution in [3.63, 3.8) is 0 Å². The second-order valence-electron chi connectivity index (χ2n) is 4.11. The van der Waals surface area contributed by atoms with Crippen LogP contribution in [0.15, 0.2) is 24.3 Å². The van der Waals surface area contributed by atoms with Crippen LogP contribution in [0.4, 0.5) is 0 Å². The highest BCUT2D eigenvalue weighted by atomic mass is 35.5. The van der Waals surface area contributed by atoms with Gasteiger partial charge in [-0.25, -0.2) is 0 Å². The van der Waals surface area contributed by atoms with E-state index in [1.54, 1.807) is 6.07 Å². The Morgan fingerprint density at radius 1 is 1.25 bits per heavy atom. The quantitative estimate of drug-likeness (QED) is 0.781. The van der Waals surface area contributed by atoms with Crippen LogP contribution >= 0.6 is 11.6 Å². The van der Waals surface area contributed by atoms with Crippen LogP contribution in [-0.2, 0) is 0 Å². The van der Waals surface area contributed by atoms with Gasteiger partial charge in [0.15, 0.2) is 0 Å². The van der Waals surface area contributed by atoms with Crippen LogP contribution in [0.1, 0.15) is 25.7 Å². The molecule has 1 aromatic carbocycles. The first-order valence-electron chi connectivity index (χ1n) is 5.62. The molecule has 0 saturated heterocycles. The van der Waals surface area contributed by atoms with E-state index in [0.717, 1.165) is 25.7 Å². The largest absolute Gasteiger partial charge is 0.488 e. The molecule has 0 heterocycles. The average molecular weight is 236 g/mol. The molecule has 0 spiro atoms. The molecule has 0 radical (unpaired) electrons. The molecule has 3 heteroatoms. The number of para-hydroxylation sites is 1. The zero-order chi connectivity index (χ0) is 11.4. The summed E-state index contributed by atoms with van der Waals surface area (Å²) >= 11 is 6.03. The van der Waals surface area contributed by atoms with E-state index < -0.39 is 0 Å². The number of rotatable bonds is 2. The van der Waals surface area contributed by atoms with Gasteiger partial charge in [0.1, 0.15) is 11.9 Å². The normalized spacial score (nSPS) is 24.8. The van der Waals surface area contributed by atoms with Gasteiger partial charge in [-0.15, -0.1) is 0 Å². The first-order chi connectivity index (χ1) is 7.81. The highest BCUT2D eigenvalue weighted by molar-refractivity contribution is 6.32. The lowest BCUT2D eigenvalue weighted by Gasteiger charge is -2.27. The summed E-state index contributed by atoms with van der Waals surface area (Å²) in [5.74, 6) is 0.696. The second-order valence-corrected chi connectivity index (χ2v) is 4.51. The zero-order valence-electron chi connectivity index (χ0n) is 9.03. The summed E-state index contributed by atoms with van der Waals surface area (Å²) in [6, 6.07) is 9.75. The first kappa shape index (κ1) is 11.3. The van der Waals surface area contributed by atoms with Crippen LogP contribution in [-0.4, -0.2) is 6.10 Å². The number of halogens is 1. The van der Waals surface area contributed by atoms with E-state index in [1.165, 1.54) is 0 Å². The Hall–Kier alpha value is -1.20. The third-order valence-electron chi connectivity index (χ3n) is 2.98. The molecular formula is C13H14ClNO. The van der Waals surface area contributed by atoms with Crippen molar-refractivity contribution in [2.45, 2.75) is 31.8 Å². The van der Waals surface area contributed by atoms with Gasteiger partial charge in [0.2, 0.25) is 0 Å². The van der Waals surface area contributed by atoms with Gasteiger partial charge in [0, 0.05) is 0 Å². The minimum atomic E-state index is -0.00125. The van der Waals surface area contributed by atoms with Gasteiger partial charge in [-0.3, -0.25) is 0 Å². The summed E-state index contributed by atoms with van der Waals surface area (Å²) in [4.78, 5) is 0. The molecule has 1 aliphatic rings. The predicted molar refractivity (Wildman–Crippen MR) is 63.4 cm³/mol. The molecule has 0 aromatic heterocycles. The van der Waals surface area contributed by atoms with Gasteiger partial charge in [-0.2, -0.15) is 5.26 Å². The molecule has 84 valence electrons. The van der Waals surface area contributed by atoms with Gasteiger partial charge >= 0.3 is 0 Å². The standard InChI is InChI=1S/C13H14ClNO/c14-11-6-2-4-8-13(11)16-12-7-3-1-5-10(12)9-15/h2,4,6,8,10,12H,1,3,5,7H2. The van der Waals surface area contributed by atoms with Crippen LogP contribution in [0.2, 0.25) is 5.02 Å². The van der Waals surface area contributed by atoms with Crippen LogP contribution in [0.3, 0.4) is 0 Å². The Labute approximate surface area is 101 Å². The van der Waals surface area contributed by atoms with Gasteiger partial charge < -0.3 is 4.74 Å². The van der Waals surface area contributed by atoms with Gasteiger partial charge in [-0.1, -0.05) is 30.2 Å². The maximum Gasteiger partial charge on any atom is 0.138 e. The average Bonchev–Trinajstić information content (AvgIpc) is 2.33. The Bertz CT molecular complexity index is 399. The fourth-order valence-corrected chi connectivity index (χ4v) is 2.27. The fourth-order valence-electron chi connectivity index (χ4n) is 2.09. The molecule has 2 rings (SSSR count). The molecule has 0 amide bonds. The zero-order valence-corrected chi connectivity index (χ0v) is 9.78. The second kappa shape index (κ2) is 5.23. The summed E-state index contributed by atoms with van der Waals surface area (Å²) in [6.07, 6.45) is 4.14. The summed E-state index contributed by atoms with van der Waals surface area (Å²) in [7, 11) is 0. The number of hydrogen-bond acceptors (Lipinski definition) is 2. The van der Waals surface area contributed by atoms with Gasteiger partial charge in [0.25, 0.3) is 0 Å². The third kappa shape index (κ3) is 2.48. The maximum absolute atomic E-state index is 9.05. The lowest BCUT2D eigenvalue weighted by atomic mass is 9.87. The fraction of sp³-hybridized carbons (Fsp3) is 0.462. The van der Waals surface area contributed by atoms with Crippen LogP contribution in [0.25, 0.3) is 0 Å². The highest BCUT2D eigenvalue weighted by Gasteiger charge is 2.26. The van der Waals surface area contributed by atoms with Crippen molar-refractivity contribution in [1.82, 2.24) is 0 Å². The molecule has 16 heavy (non-hydrogen) atoms. The van der Waals surface area contributed by atoms with E-state index in [1.807, 2.05) is 18.2 Å². The van der Waals surface area contributed by atoms with Crippen molar-refractivity contribution in [3.8, 4) is 11.8 Å². The van der Waals surface area contributed by atoms with Crippen LogP contribution < -0.4 is 4.74 Å². The molecule has 2 atom stereocenters. The molecule has 2 unspecified atom stereocenters. The van der Waals surface area contributed by atoms with E-state index in [2.05, 4.69) is 6.07 Å². The number of hydrogen-bond donors (Lipinski definition) is 0. The van der Waals surface area contributed by atoms with E-state index in [4.69, 9.17) is 21.6 Å². The van der Waals surface area contributed by atoms with E-state index in [9.17, 15) is 0 Å². The highest BCUT2D eigenvalue weighted by Crippen LogP contribution is 2.31. The van der Waals surface area contributed by atoms with Crippen molar-refractivity contribution in [2.75, 3.05) is 0 Å². The minimum absolute atomic E-state index is 0.00125.